The molecular formula is C9H19N3O3S. The summed E-state index contributed by atoms with van der Waals surface area (Å²) >= 11 is 0. The second kappa shape index (κ2) is 5.11. The number of nitrogens with two attached hydrogens (primary N) is 1. The van der Waals surface area contributed by atoms with Crippen molar-refractivity contribution in [2.75, 3.05) is 19.5 Å². The minimum Gasteiger partial charge on any atom is -0.386 e. The lowest BCUT2D eigenvalue weighted by molar-refractivity contribution is 0.216. The largest absolute Gasteiger partial charge is 0.386 e. The number of rotatable bonds is 6. The zero-order chi connectivity index (χ0) is 12.2. The van der Waals surface area contributed by atoms with E-state index in [-0.39, 0.29) is 18.2 Å². The average Bonchev–Trinajstić information content (AvgIpc) is 2.64. The summed E-state index contributed by atoms with van der Waals surface area (Å²) in [5, 5.41) is 7.52. The van der Waals surface area contributed by atoms with Crippen molar-refractivity contribution in [3.63, 3.8) is 0 Å². The van der Waals surface area contributed by atoms with E-state index in [1.807, 2.05) is 0 Å². The van der Waals surface area contributed by atoms with E-state index >= 15 is 0 Å². The highest BCUT2D eigenvalue weighted by molar-refractivity contribution is 7.89. The minimum atomic E-state index is -3.43. The van der Waals surface area contributed by atoms with Crippen molar-refractivity contribution in [1.29, 1.82) is 5.41 Å². The first-order valence-electron chi connectivity index (χ1n) is 5.27. The number of sulfonamides is 1. The first-order chi connectivity index (χ1) is 7.42. The molecular weight excluding hydrogens is 230 g/mol. The van der Waals surface area contributed by atoms with Gasteiger partial charge in [-0.3, -0.25) is 5.41 Å². The van der Waals surface area contributed by atoms with Crippen molar-refractivity contribution < 1.29 is 13.2 Å². The van der Waals surface area contributed by atoms with Crippen LogP contribution in [0.2, 0.25) is 0 Å². The summed E-state index contributed by atoms with van der Waals surface area (Å²) in [4.78, 5) is 0. The van der Waals surface area contributed by atoms with Crippen LogP contribution in [0.4, 0.5) is 0 Å². The Morgan fingerprint density at radius 1 is 1.50 bits per heavy atom. The van der Waals surface area contributed by atoms with Crippen molar-refractivity contribution in [1.82, 2.24) is 4.72 Å². The summed E-state index contributed by atoms with van der Waals surface area (Å²) in [6.07, 6.45) is 3.00. The van der Waals surface area contributed by atoms with E-state index in [0.717, 1.165) is 12.8 Å². The molecule has 0 saturated heterocycles. The molecule has 1 rings (SSSR count). The molecule has 0 amide bonds. The lowest BCUT2D eigenvalue weighted by atomic mass is 9.98. The first-order valence-corrected chi connectivity index (χ1v) is 6.92. The van der Waals surface area contributed by atoms with Crippen LogP contribution in [0.25, 0.3) is 0 Å². The van der Waals surface area contributed by atoms with Crippen molar-refractivity contribution in [3.8, 4) is 0 Å². The summed E-state index contributed by atoms with van der Waals surface area (Å²) in [6.45, 7) is 0.142. The van der Waals surface area contributed by atoms with E-state index in [9.17, 15) is 8.42 Å². The van der Waals surface area contributed by atoms with Gasteiger partial charge in [0.2, 0.25) is 10.0 Å². The minimum absolute atomic E-state index is 0.0917. The van der Waals surface area contributed by atoms with Crippen LogP contribution in [0.5, 0.6) is 0 Å². The number of amidine groups is 1. The average molecular weight is 249 g/mol. The van der Waals surface area contributed by atoms with Crippen molar-refractivity contribution in [2.24, 2.45) is 5.73 Å². The highest BCUT2D eigenvalue weighted by atomic mass is 32.2. The van der Waals surface area contributed by atoms with Crippen LogP contribution in [-0.4, -0.2) is 39.3 Å². The second-order valence-corrected chi connectivity index (χ2v) is 5.96. The number of methoxy groups -OCH3 is 1. The van der Waals surface area contributed by atoms with Gasteiger partial charge in [-0.05, 0) is 12.8 Å². The quantitative estimate of drug-likeness (QED) is 0.448. The molecule has 1 aliphatic rings. The zero-order valence-corrected chi connectivity index (χ0v) is 10.3. The van der Waals surface area contributed by atoms with Gasteiger partial charge in [0.05, 0.1) is 17.9 Å². The Morgan fingerprint density at radius 2 is 2.06 bits per heavy atom. The summed E-state index contributed by atoms with van der Waals surface area (Å²) in [6, 6.07) is 0. The van der Waals surface area contributed by atoms with Gasteiger partial charge >= 0.3 is 0 Å². The summed E-state index contributed by atoms with van der Waals surface area (Å²) in [5.41, 5.74) is 4.64. The standard InChI is InChI=1S/C9H19N3O3S/c1-15-6-7-16(13,14)12-9(8(10)11)4-2-3-5-9/h12H,2-7H2,1H3,(H3,10,11). The Labute approximate surface area is 96.1 Å². The predicted molar refractivity (Wildman–Crippen MR) is 61.9 cm³/mol. The van der Waals surface area contributed by atoms with E-state index in [1.54, 1.807) is 0 Å². The molecule has 1 aliphatic carbocycles. The van der Waals surface area contributed by atoms with Gasteiger partial charge in [-0.2, -0.15) is 0 Å². The molecule has 4 N–H and O–H groups in total. The molecule has 0 aromatic heterocycles. The Bertz CT molecular complexity index is 347. The monoisotopic (exact) mass is 249 g/mol. The van der Waals surface area contributed by atoms with Crippen LogP contribution in [-0.2, 0) is 14.8 Å². The maximum absolute atomic E-state index is 11.7. The highest BCUT2D eigenvalue weighted by Crippen LogP contribution is 2.30. The highest BCUT2D eigenvalue weighted by Gasteiger charge is 2.40. The molecule has 1 fully saturated rings. The van der Waals surface area contributed by atoms with Crippen LogP contribution in [0.1, 0.15) is 25.7 Å². The summed E-state index contributed by atoms with van der Waals surface area (Å²) < 4.78 is 30.7. The Balaban J connectivity index is 2.72. The van der Waals surface area contributed by atoms with E-state index < -0.39 is 15.6 Å². The molecule has 7 heteroatoms. The molecule has 6 nitrogen and oxygen atoms in total. The van der Waals surface area contributed by atoms with Gasteiger partial charge in [0, 0.05) is 7.11 Å². The molecule has 94 valence electrons. The van der Waals surface area contributed by atoms with E-state index in [4.69, 9.17) is 15.9 Å². The maximum Gasteiger partial charge on any atom is 0.214 e. The second-order valence-electron chi connectivity index (χ2n) is 4.12. The van der Waals surface area contributed by atoms with Gasteiger partial charge in [0.25, 0.3) is 0 Å². The Kier molecular flexibility index (Phi) is 4.28. The van der Waals surface area contributed by atoms with Crippen LogP contribution in [0, 0.1) is 5.41 Å². The molecule has 0 spiro atoms. The van der Waals surface area contributed by atoms with Crippen molar-refractivity contribution >= 4 is 15.9 Å². The third-order valence-corrected chi connectivity index (χ3v) is 4.29. The number of nitrogens with one attached hydrogen (secondary N) is 2. The molecule has 0 heterocycles. The fourth-order valence-electron chi connectivity index (χ4n) is 1.95. The fourth-order valence-corrected chi connectivity index (χ4v) is 3.34. The molecule has 1 saturated carbocycles. The van der Waals surface area contributed by atoms with Gasteiger partial charge in [-0.1, -0.05) is 12.8 Å². The molecule has 0 bridgehead atoms. The molecule has 0 aromatic carbocycles. The van der Waals surface area contributed by atoms with Gasteiger partial charge in [-0.25, -0.2) is 13.1 Å². The number of ether oxygens (including phenoxy) is 1. The SMILES string of the molecule is COCCS(=O)(=O)NC1(C(=N)N)CCCC1. The molecule has 0 radical (unpaired) electrons. The predicted octanol–water partition coefficient (Wildman–Crippen LogP) is -0.199. The fraction of sp³-hybridized carbons (Fsp3) is 0.889. The topological polar surface area (TPSA) is 105 Å². The van der Waals surface area contributed by atoms with E-state index in [0.29, 0.717) is 12.8 Å². The first kappa shape index (κ1) is 13.4. The third-order valence-electron chi connectivity index (χ3n) is 2.88. The van der Waals surface area contributed by atoms with Crippen molar-refractivity contribution in [3.05, 3.63) is 0 Å². The van der Waals surface area contributed by atoms with Gasteiger partial charge in [-0.15, -0.1) is 0 Å². The van der Waals surface area contributed by atoms with Gasteiger partial charge < -0.3 is 10.5 Å². The van der Waals surface area contributed by atoms with E-state index in [1.165, 1.54) is 7.11 Å². The smallest absolute Gasteiger partial charge is 0.214 e. The van der Waals surface area contributed by atoms with Crippen LogP contribution in [0.3, 0.4) is 0 Å². The Morgan fingerprint density at radius 3 is 2.50 bits per heavy atom. The number of hydrogen-bond acceptors (Lipinski definition) is 4. The van der Waals surface area contributed by atoms with E-state index in [2.05, 4.69) is 4.72 Å². The van der Waals surface area contributed by atoms with Gasteiger partial charge in [0.15, 0.2) is 0 Å². The lowest BCUT2D eigenvalue weighted by Gasteiger charge is -2.28. The number of hydrogen-bond donors (Lipinski definition) is 3. The molecule has 16 heavy (non-hydrogen) atoms. The molecule has 0 aliphatic heterocycles. The lowest BCUT2D eigenvalue weighted by Crippen LogP contribution is -2.55. The third kappa shape index (κ3) is 3.16. The van der Waals surface area contributed by atoms with Crippen LogP contribution >= 0.6 is 0 Å². The summed E-state index contributed by atoms with van der Waals surface area (Å²) in [5.74, 6) is -0.190. The van der Waals surface area contributed by atoms with Crippen LogP contribution < -0.4 is 10.5 Å². The zero-order valence-electron chi connectivity index (χ0n) is 9.45. The Hall–Kier alpha value is -0.660. The van der Waals surface area contributed by atoms with Crippen molar-refractivity contribution in [2.45, 2.75) is 31.2 Å². The molecule has 0 atom stereocenters. The normalized spacial score (nSPS) is 19.8. The summed E-state index contributed by atoms with van der Waals surface area (Å²) in [7, 11) is -1.98. The van der Waals surface area contributed by atoms with Gasteiger partial charge in [0.1, 0.15) is 5.84 Å². The molecule has 0 unspecified atom stereocenters. The van der Waals surface area contributed by atoms with Crippen LogP contribution in [0.15, 0.2) is 0 Å². The molecule has 0 aromatic rings. The maximum atomic E-state index is 11.7.